The molecule has 0 unspecified atom stereocenters. The largest absolute Gasteiger partial charge is 0.497 e. The number of nitrogens with one attached hydrogen (secondary N) is 2. The Labute approximate surface area is 196 Å². The summed E-state index contributed by atoms with van der Waals surface area (Å²) in [5, 5.41) is 7.74. The molecule has 33 heavy (non-hydrogen) atoms. The zero-order chi connectivity index (χ0) is 22.8. The molecule has 5 rings (SSSR count). The van der Waals surface area contributed by atoms with Crippen LogP contribution in [0.3, 0.4) is 0 Å². The Hall–Kier alpha value is -3.36. The molecule has 2 N–H and O–H groups in total. The fourth-order valence-electron chi connectivity index (χ4n) is 4.31. The zero-order valence-electron chi connectivity index (χ0n) is 18.3. The average molecular weight is 465 g/mol. The molecule has 0 bridgehead atoms. The van der Waals surface area contributed by atoms with Crippen LogP contribution < -0.4 is 15.6 Å². The number of imidazole rings is 1. The number of aromatic amines is 1. The van der Waals surface area contributed by atoms with Crippen LogP contribution in [0.2, 0.25) is 5.02 Å². The molecule has 8 nitrogen and oxygen atoms in total. The Morgan fingerprint density at radius 3 is 2.79 bits per heavy atom. The Bertz CT molecular complexity index is 1300. The molecule has 0 spiro atoms. The van der Waals surface area contributed by atoms with E-state index in [4.69, 9.17) is 16.3 Å². The fourth-order valence-corrected chi connectivity index (χ4v) is 4.51. The van der Waals surface area contributed by atoms with E-state index >= 15 is 0 Å². The molecule has 1 aliphatic rings. The van der Waals surface area contributed by atoms with E-state index < -0.39 is 5.56 Å². The van der Waals surface area contributed by atoms with Gasteiger partial charge in [0.15, 0.2) is 0 Å². The number of rotatable bonds is 7. The summed E-state index contributed by atoms with van der Waals surface area (Å²) in [6.45, 7) is 2.65. The number of nitrogens with zero attached hydrogens (tertiary/aromatic N) is 4. The number of likely N-dealkylation sites (tertiary alicyclic amines) is 1. The molecule has 2 aromatic heterocycles. The number of methoxy groups -OCH3 is 1. The summed E-state index contributed by atoms with van der Waals surface area (Å²) in [7, 11) is 1.67. The predicted octanol–water partition coefficient (Wildman–Crippen LogP) is 4.02. The van der Waals surface area contributed by atoms with Crippen LogP contribution in [0.5, 0.6) is 5.75 Å². The van der Waals surface area contributed by atoms with E-state index in [2.05, 4.69) is 37.4 Å². The summed E-state index contributed by atoms with van der Waals surface area (Å²) in [6.07, 6.45) is 3.93. The quantitative estimate of drug-likeness (QED) is 0.429. The molecule has 2 aromatic carbocycles. The van der Waals surface area contributed by atoms with Gasteiger partial charge in [-0.15, -0.1) is 0 Å². The Morgan fingerprint density at radius 2 is 2.00 bits per heavy atom. The highest BCUT2D eigenvalue weighted by molar-refractivity contribution is 6.32. The number of hydrogen-bond donors (Lipinski definition) is 2. The Balaban J connectivity index is 1.40. The van der Waals surface area contributed by atoms with E-state index in [1.165, 1.54) is 17.5 Å². The van der Waals surface area contributed by atoms with Crippen molar-refractivity contribution in [3.05, 3.63) is 75.7 Å². The van der Waals surface area contributed by atoms with Gasteiger partial charge in [-0.3, -0.25) is 9.69 Å². The molecule has 3 heterocycles. The first-order valence-electron chi connectivity index (χ1n) is 11.0. The molecular formula is C24H25ClN6O2. The van der Waals surface area contributed by atoms with Gasteiger partial charge in [0.2, 0.25) is 5.95 Å². The lowest BCUT2D eigenvalue weighted by Gasteiger charge is -2.29. The maximum Gasteiger partial charge on any atom is 0.295 e. The molecule has 0 saturated carbocycles. The second-order valence-corrected chi connectivity index (χ2v) is 8.46. The number of hydrogen-bond acceptors (Lipinski definition) is 6. The minimum Gasteiger partial charge on any atom is -0.497 e. The lowest BCUT2D eigenvalue weighted by atomic mass is 10.0. The molecule has 170 valence electrons. The van der Waals surface area contributed by atoms with Crippen molar-refractivity contribution in [1.29, 1.82) is 0 Å². The van der Waals surface area contributed by atoms with E-state index in [1.807, 2.05) is 36.4 Å². The third-order valence-electron chi connectivity index (χ3n) is 6.04. The van der Waals surface area contributed by atoms with Crippen LogP contribution in [0.15, 0.2) is 59.5 Å². The number of halogens is 1. The minimum absolute atomic E-state index is 0.0799. The smallest absolute Gasteiger partial charge is 0.295 e. The molecule has 1 saturated heterocycles. The summed E-state index contributed by atoms with van der Waals surface area (Å²) < 4.78 is 6.61. The van der Waals surface area contributed by atoms with Crippen LogP contribution in [-0.2, 0) is 0 Å². The van der Waals surface area contributed by atoms with Crippen molar-refractivity contribution in [3.8, 4) is 11.7 Å². The van der Waals surface area contributed by atoms with Gasteiger partial charge in [-0.05, 0) is 55.8 Å². The lowest BCUT2D eigenvalue weighted by molar-refractivity contribution is 0.255. The van der Waals surface area contributed by atoms with Crippen molar-refractivity contribution in [1.82, 2.24) is 24.6 Å². The third-order valence-corrected chi connectivity index (χ3v) is 6.41. The van der Waals surface area contributed by atoms with Crippen molar-refractivity contribution >= 4 is 28.3 Å². The Kier molecular flexibility index (Phi) is 6.02. The lowest BCUT2D eigenvalue weighted by Crippen LogP contribution is -2.31. The van der Waals surface area contributed by atoms with E-state index in [9.17, 15) is 4.79 Å². The molecule has 1 atom stereocenters. The van der Waals surface area contributed by atoms with Crippen LogP contribution in [0.25, 0.3) is 17.0 Å². The molecule has 0 aliphatic carbocycles. The van der Waals surface area contributed by atoms with Crippen LogP contribution >= 0.6 is 11.6 Å². The second-order valence-electron chi connectivity index (χ2n) is 8.08. The second kappa shape index (κ2) is 9.25. The first-order chi connectivity index (χ1) is 16.1. The zero-order valence-corrected chi connectivity index (χ0v) is 19.0. The number of ether oxygens (including phenoxy) is 1. The van der Waals surface area contributed by atoms with Gasteiger partial charge >= 0.3 is 0 Å². The van der Waals surface area contributed by atoms with Crippen LogP contribution in [0.1, 0.15) is 24.4 Å². The van der Waals surface area contributed by atoms with Gasteiger partial charge in [-0.2, -0.15) is 9.78 Å². The predicted molar refractivity (Wildman–Crippen MR) is 130 cm³/mol. The van der Waals surface area contributed by atoms with E-state index in [0.29, 0.717) is 18.2 Å². The van der Waals surface area contributed by atoms with E-state index in [1.54, 1.807) is 13.3 Å². The molecule has 1 aliphatic heterocycles. The summed E-state index contributed by atoms with van der Waals surface area (Å²) in [6, 6.07) is 15.8. The molecule has 1 fully saturated rings. The number of anilines is 1. The van der Waals surface area contributed by atoms with Crippen molar-refractivity contribution in [2.45, 2.75) is 18.9 Å². The minimum atomic E-state index is -0.431. The molecular weight excluding hydrogens is 440 g/mol. The van der Waals surface area contributed by atoms with Gasteiger partial charge < -0.3 is 15.0 Å². The first kappa shape index (κ1) is 21.5. The van der Waals surface area contributed by atoms with Crippen LogP contribution in [0, 0.1) is 0 Å². The number of para-hydroxylation sites is 2. The highest BCUT2D eigenvalue weighted by Crippen LogP contribution is 2.29. The number of H-pyrrole nitrogens is 1. The molecule has 0 radical (unpaired) electrons. The monoisotopic (exact) mass is 464 g/mol. The summed E-state index contributed by atoms with van der Waals surface area (Å²) in [4.78, 5) is 23.0. The summed E-state index contributed by atoms with van der Waals surface area (Å²) in [5.74, 6) is 1.16. The van der Waals surface area contributed by atoms with Gasteiger partial charge in [0.25, 0.3) is 5.56 Å². The highest BCUT2D eigenvalue weighted by atomic mass is 35.5. The number of fused-ring (bicyclic) bond motifs is 1. The van der Waals surface area contributed by atoms with Crippen molar-refractivity contribution in [2.24, 2.45) is 0 Å². The maximum atomic E-state index is 13.0. The van der Waals surface area contributed by atoms with Crippen LogP contribution in [-0.4, -0.2) is 51.4 Å². The van der Waals surface area contributed by atoms with Crippen LogP contribution in [0.4, 0.5) is 5.69 Å². The standard InChI is InChI=1S/C24H25ClN6O2/c1-33-17-8-6-7-16(13-17)21(30-11-4-5-12-30)15-26-20-14-27-31(23(32)22(20)25)24-28-18-9-2-3-10-19(18)29-24/h2-3,6-10,13-14,21,26H,4-5,11-12,15H2,1H3,(H,28,29)/t21-/m0/s1. The van der Waals surface area contributed by atoms with Crippen molar-refractivity contribution in [2.75, 3.05) is 32.1 Å². The summed E-state index contributed by atoms with van der Waals surface area (Å²) in [5.41, 5.74) is 2.81. The highest BCUT2D eigenvalue weighted by Gasteiger charge is 2.24. The topological polar surface area (TPSA) is 88.1 Å². The maximum absolute atomic E-state index is 13.0. The molecule has 9 heteroatoms. The Morgan fingerprint density at radius 1 is 1.18 bits per heavy atom. The van der Waals surface area contributed by atoms with Crippen molar-refractivity contribution < 1.29 is 4.74 Å². The van der Waals surface area contributed by atoms with Crippen molar-refractivity contribution in [3.63, 3.8) is 0 Å². The number of benzene rings is 2. The van der Waals surface area contributed by atoms with Gasteiger partial charge in [0.1, 0.15) is 10.8 Å². The first-order valence-corrected chi connectivity index (χ1v) is 11.4. The SMILES string of the molecule is COc1cccc([C@H](CNc2cnn(-c3nc4ccccc4[nH]3)c(=O)c2Cl)N2CCCC2)c1. The van der Waals surface area contributed by atoms with Gasteiger partial charge in [0.05, 0.1) is 36.1 Å². The van der Waals surface area contributed by atoms with Gasteiger partial charge in [-0.25, -0.2) is 4.98 Å². The summed E-state index contributed by atoms with van der Waals surface area (Å²) >= 11 is 6.47. The molecule has 4 aromatic rings. The fraction of sp³-hybridized carbons (Fsp3) is 0.292. The van der Waals surface area contributed by atoms with E-state index in [-0.39, 0.29) is 11.1 Å². The molecule has 0 amide bonds. The normalized spacial score (nSPS) is 15.1. The third kappa shape index (κ3) is 4.31. The van der Waals surface area contributed by atoms with Gasteiger partial charge in [-0.1, -0.05) is 35.9 Å². The van der Waals surface area contributed by atoms with Gasteiger partial charge in [0, 0.05) is 6.54 Å². The number of aromatic nitrogens is 4. The average Bonchev–Trinajstić information content (AvgIpc) is 3.52. The van der Waals surface area contributed by atoms with E-state index in [0.717, 1.165) is 35.4 Å².